The van der Waals surface area contributed by atoms with Gasteiger partial charge < -0.3 is 4.74 Å². The smallest absolute Gasteiger partial charge is 0.255 e. The van der Waals surface area contributed by atoms with Gasteiger partial charge in [-0.25, -0.2) is 4.39 Å². The number of methoxy groups -OCH3 is 1. The van der Waals surface area contributed by atoms with Crippen molar-refractivity contribution < 1.29 is 13.9 Å². The quantitative estimate of drug-likeness (QED) is 0.707. The van der Waals surface area contributed by atoms with Crippen molar-refractivity contribution in [3.63, 3.8) is 0 Å². The molecule has 0 fully saturated rings. The third kappa shape index (κ3) is 1.68. The Kier molecular flexibility index (Phi) is 3.05. The van der Waals surface area contributed by atoms with Crippen molar-refractivity contribution in [1.82, 2.24) is 0 Å². The molecule has 0 aromatic heterocycles. The summed E-state index contributed by atoms with van der Waals surface area (Å²) in [4.78, 5) is 10.7. The van der Waals surface area contributed by atoms with Crippen LogP contribution >= 0.6 is 11.6 Å². The van der Waals surface area contributed by atoms with E-state index in [1.54, 1.807) is 6.07 Å². The van der Waals surface area contributed by atoms with Gasteiger partial charge in [-0.1, -0.05) is 0 Å². The van der Waals surface area contributed by atoms with Crippen molar-refractivity contribution in [2.24, 2.45) is 0 Å². The molecule has 14 heavy (non-hydrogen) atoms. The van der Waals surface area contributed by atoms with Gasteiger partial charge in [-0.05, 0) is 23.7 Å². The monoisotopic (exact) mass is 213 g/mol. The second-order valence-electron chi connectivity index (χ2n) is 2.39. The van der Waals surface area contributed by atoms with Crippen LogP contribution in [0.1, 0.15) is 15.9 Å². The summed E-state index contributed by atoms with van der Waals surface area (Å²) in [7, 11) is 1.21. The van der Waals surface area contributed by atoms with Gasteiger partial charge >= 0.3 is 0 Å². The van der Waals surface area contributed by atoms with E-state index in [1.807, 2.05) is 0 Å². The van der Waals surface area contributed by atoms with Gasteiger partial charge in [0.15, 0.2) is 11.6 Å². The number of benzene rings is 1. The zero-order valence-electron chi connectivity index (χ0n) is 7.17. The number of carbonyl (C=O) groups is 1. The minimum Gasteiger partial charge on any atom is -0.492 e. The summed E-state index contributed by atoms with van der Waals surface area (Å²) in [6, 6.07) is 4.15. The Hall–Kier alpha value is -1.60. The first-order valence-corrected chi connectivity index (χ1v) is 3.96. The molecule has 0 aliphatic carbocycles. The molecule has 0 spiro atoms. The van der Waals surface area contributed by atoms with Crippen LogP contribution in [-0.4, -0.2) is 12.4 Å². The lowest BCUT2D eigenvalue weighted by Gasteiger charge is -2.05. The maximum absolute atomic E-state index is 13.4. The van der Waals surface area contributed by atoms with Gasteiger partial charge in [0.1, 0.15) is 6.07 Å². The molecule has 0 amide bonds. The van der Waals surface area contributed by atoms with E-state index in [9.17, 15) is 9.18 Å². The standard InChI is InChI=1S/C9H5ClFNO2/c1-14-8-5(4-12)2-3-6(7(8)11)9(10)13/h2-3H,1H3. The first-order chi connectivity index (χ1) is 6.61. The van der Waals surface area contributed by atoms with Crippen LogP contribution in [0.25, 0.3) is 0 Å². The summed E-state index contributed by atoms with van der Waals surface area (Å²) in [6.45, 7) is 0. The molecule has 0 saturated heterocycles. The highest BCUT2D eigenvalue weighted by molar-refractivity contribution is 6.67. The van der Waals surface area contributed by atoms with Crippen LogP contribution < -0.4 is 4.74 Å². The summed E-state index contributed by atoms with van der Waals surface area (Å²) in [5.41, 5.74) is -0.283. The summed E-state index contributed by atoms with van der Waals surface area (Å²) in [6.07, 6.45) is 0. The molecule has 0 heterocycles. The molecular formula is C9H5ClFNO2. The van der Waals surface area contributed by atoms with Gasteiger partial charge in [-0.15, -0.1) is 0 Å². The van der Waals surface area contributed by atoms with E-state index in [0.29, 0.717) is 0 Å². The lowest BCUT2D eigenvalue weighted by atomic mass is 10.1. The molecule has 0 unspecified atom stereocenters. The Morgan fingerprint density at radius 1 is 1.64 bits per heavy atom. The molecule has 0 bridgehead atoms. The normalized spacial score (nSPS) is 9.29. The fraction of sp³-hybridized carbons (Fsp3) is 0.111. The van der Waals surface area contributed by atoms with E-state index in [4.69, 9.17) is 16.9 Å². The minimum absolute atomic E-state index is 0.0201. The zero-order chi connectivity index (χ0) is 10.7. The highest BCUT2D eigenvalue weighted by atomic mass is 35.5. The van der Waals surface area contributed by atoms with Crippen molar-refractivity contribution in [2.45, 2.75) is 0 Å². The van der Waals surface area contributed by atoms with Crippen LogP contribution in [0.2, 0.25) is 0 Å². The van der Waals surface area contributed by atoms with Crippen LogP contribution in [0.5, 0.6) is 5.75 Å². The summed E-state index contributed by atoms with van der Waals surface area (Å²) < 4.78 is 18.0. The van der Waals surface area contributed by atoms with Gasteiger partial charge in [0, 0.05) is 0 Å². The number of nitrogens with zero attached hydrogens (tertiary/aromatic N) is 1. The number of hydrogen-bond donors (Lipinski definition) is 0. The second-order valence-corrected chi connectivity index (χ2v) is 2.74. The molecule has 0 aliphatic rings. The fourth-order valence-electron chi connectivity index (χ4n) is 0.995. The molecule has 0 aliphatic heterocycles. The average Bonchev–Trinajstić information content (AvgIpc) is 2.16. The van der Waals surface area contributed by atoms with E-state index in [2.05, 4.69) is 4.74 Å². The Morgan fingerprint density at radius 3 is 2.71 bits per heavy atom. The number of carbonyl (C=O) groups excluding carboxylic acids is 1. The lowest BCUT2D eigenvalue weighted by Crippen LogP contribution is -2.00. The van der Waals surface area contributed by atoms with Crippen LogP contribution in [0, 0.1) is 17.1 Å². The fourth-order valence-corrected chi connectivity index (χ4v) is 1.14. The van der Waals surface area contributed by atoms with Crippen LogP contribution in [-0.2, 0) is 0 Å². The molecule has 0 saturated carbocycles. The molecule has 1 rings (SSSR count). The maximum Gasteiger partial charge on any atom is 0.255 e. The van der Waals surface area contributed by atoms with Crippen molar-refractivity contribution in [1.29, 1.82) is 5.26 Å². The molecular weight excluding hydrogens is 209 g/mol. The van der Waals surface area contributed by atoms with Crippen LogP contribution in [0.3, 0.4) is 0 Å². The first-order valence-electron chi connectivity index (χ1n) is 3.58. The molecule has 0 N–H and O–H groups in total. The van der Waals surface area contributed by atoms with Gasteiger partial charge in [-0.3, -0.25) is 4.79 Å². The Morgan fingerprint density at radius 2 is 2.29 bits per heavy atom. The third-order valence-corrected chi connectivity index (χ3v) is 1.84. The number of nitriles is 1. The molecule has 1 aromatic carbocycles. The highest BCUT2D eigenvalue weighted by Gasteiger charge is 2.17. The summed E-state index contributed by atoms with van der Waals surface area (Å²) in [5.74, 6) is -1.18. The number of ether oxygens (including phenoxy) is 1. The Bertz CT molecular complexity index is 426. The van der Waals surface area contributed by atoms with Gasteiger partial charge in [0.25, 0.3) is 5.24 Å². The van der Waals surface area contributed by atoms with E-state index in [-0.39, 0.29) is 16.9 Å². The van der Waals surface area contributed by atoms with Gasteiger partial charge in [0.2, 0.25) is 0 Å². The lowest BCUT2D eigenvalue weighted by molar-refractivity contribution is 0.107. The van der Waals surface area contributed by atoms with Crippen molar-refractivity contribution in [3.05, 3.63) is 29.1 Å². The van der Waals surface area contributed by atoms with Crippen molar-refractivity contribution in [2.75, 3.05) is 7.11 Å². The van der Waals surface area contributed by atoms with Crippen molar-refractivity contribution in [3.8, 4) is 11.8 Å². The predicted octanol–water partition coefficient (Wildman–Crippen LogP) is 2.08. The number of halogens is 2. The molecule has 72 valence electrons. The molecule has 0 radical (unpaired) electrons. The van der Waals surface area contributed by atoms with E-state index in [0.717, 1.165) is 6.07 Å². The Labute approximate surface area is 84.7 Å². The first kappa shape index (κ1) is 10.5. The summed E-state index contributed by atoms with van der Waals surface area (Å²) in [5, 5.41) is 7.66. The van der Waals surface area contributed by atoms with Gasteiger partial charge in [-0.2, -0.15) is 5.26 Å². The summed E-state index contributed by atoms with van der Waals surface area (Å²) >= 11 is 5.12. The van der Waals surface area contributed by atoms with Crippen LogP contribution in [0.15, 0.2) is 12.1 Å². The average molecular weight is 214 g/mol. The number of hydrogen-bond acceptors (Lipinski definition) is 3. The van der Waals surface area contributed by atoms with Crippen LogP contribution in [0.4, 0.5) is 4.39 Å². The maximum atomic E-state index is 13.4. The van der Waals surface area contributed by atoms with Crippen molar-refractivity contribution >= 4 is 16.8 Å². The molecule has 3 nitrogen and oxygen atoms in total. The number of rotatable bonds is 2. The minimum atomic E-state index is -0.926. The topological polar surface area (TPSA) is 50.1 Å². The van der Waals surface area contributed by atoms with E-state index in [1.165, 1.54) is 13.2 Å². The second kappa shape index (κ2) is 4.07. The zero-order valence-corrected chi connectivity index (χ0v) is 7.93. The van der Waals surface area contributed by atoms with E-state index >= 15 is 0 Å². The SMILES string of the molecule is COc1c(C#N)ccc(C(=O)Cl)c1F. The van der Waals surface area contributed by atoms with Gasteiger partial charge in [0.05, 0.1) is 18.2 Å². The Balaban J connectivity index is 3.44. The predicted molar refractivity (Wildman–Crippen MR) is 47.9 cm³/mol. The third-order valence-electron chi connectivity index (χ3n) is 1.63. The largest absolute Gasteiger partial charge is 0.492 e. The molecule has 5 heteroatoms. The molecule has 1 aromatic rings. The highest BCUT2D eigenvalue weighted by Crippen LogP contribution is 2.25. The van der Waals surface area contributed by atoms with E-state index < -0.39 is 11.1 Å². The molecule has 0 atom stereocenters.